The third kappa shape index (κ3) is 8.18. The summed E-state index contributed by atoms with van der Waals surface area (Å²) >= 11 is 0. The number of ketones is 1. The molecule has 4 nitrogen and oxygen atoms in total. The van der Waals surface area contributed by atoms with E-state index in [1.165, 1.54) is 0 Å². The van der Waals surface area contributed by atoms with Crippen LogP contribution in [0, 0.1) is 11.8 Å². The Morgan fingerprint density at radius 3 is 2.38 bits per heavy atom. The molecule has 1 aromatic rings. The molecule has 0 aromatic heterocycles. The van der Waals surface area contributed by atoms with Gasteiger partial charge in [-0.05, 0) is 48.2 Å². The molecular formula is C21H32O4Si. The van der Waals surface area contributed by atoms with Gasteiger partial charge in [-0.3, -0.25) is 4.79 Å². The second-order valence-electron chi connectivity index (χ2n) is 7.78. The van der Waals surface area contributed by atoms with E-state index < -0.39 is 8.32 Å². The Kier molecular flexibility index (Phi) is 9.07. The summed E-state index contributed by atoms with van der Waals surface area (Å²) < 4.78 is 16.6. The zero-order valence-corrected chi connectivity index (χ0v) is 18.0. The maximum absolute atomic E-state index is 11.8. The number of hydrogen-bond donors (Lipinski definition) is 0. The summed E-state index contributed by atoms with van der Waals surface area (Å²) in [6, 6.07) is 7.67. The Morgan fingerprint density at radius 2 is 1.81 bits per heavy atom. The molecule has 0 atom stereocenters. The molecular weight excluding hydrogens is 344 g/mol. The van der Waals surface area contributed by atoms with Crippen LogP contribution in [0.2, 0.25) is 18.1 Å². The molecule has 0 spiro atoms. The molecule has 0 aliphatic rings. The number of hydrogen-bond acceptors (Lipinski definition) is 4. The first-order chi connectivity index (χ1) is 12.2. The average Bonchev–Trinajstić information content (AvgIpc) is 2.58. The number of carbonyl (C=O) groups excluding carboxylic acids is 1. The van der Waals surface area contributed by atoms with E-state index in [1.807, 2.05) is 24.3 Å². The van der Waals surface area contributed by atoms with Crippen LogP contribution in [0.1, 0.15) is 39.2 Å². The Morgan fingerprint density at radius 1 is 1.15 bits per heavy atom. The van der Waals surface area contributed by atoms with E-state index >= 15 is 0 Å². The molecule has 0 heterocycles. The van der Waals surface area contributed by atoms with E-state index in [0.29, 0.717) is 26.1 Å². The minimum absolute atomic E-state index is 0.0584. The molecule has 0 N–H and O–H groups in total. The van der Waals surface area contributed by atoms with Gasteiger partial charge in [0.05, 0.1) is 13.7 Å². The Hall–Kier alpha value is -1.61. The van der Waals surface area contributed by atoms with E-state index in [2.05, 4.69) is 45.7 Å². The van der Waals surface area contributed by atoms with Crippen LogP contribution in [0.25, 0.3) is 0 Å². The van der Waals surface area contributed by atoms with Gasteiger partial charge in [-0.1, -0.05) is 38.8 Å². The van der Waals surface area contributed by atoms with Gasteiger partial charge in [-0.25, -0.2) is 0 Å². The highest BCUT2D eigenvalue weighted by molar-refractivity contribution is 6.74. The predicted molar refractivity (Wildman–Crippen MR) is 108 cm³/mol. The summed E-state index contributed by atoms with van der Waals surface area (Å²) in [5.41, 5.74) is 1.04. The molecule has 0 bridgehead atoms. The second-order valence-corrected chi connectivity index (χ2v) is 12.6. The van der Waals surface area contributed by atoms with Crippen molar-refractivity contribution in [3.05, 3.63) is 29.8 Å². The summed E-state index contributed by atoms with van der Waals surface area (Å²) in [5, 5.41) is 0.192. The molecule has 0 saturated heterocycles. The number of Topliss-reactive ketones (excluding diaryl/α,β-unsaturated/α-hetero) is 1. The molecule has 1 aromatic carbocycles. The van der Waals surface area contributed by atoms with E-state index in [1.54, 1.807) is 7.11 Å². The molecule has 1 rings (SSSR count). The number of ether oxygens (including phenoxy) is 2. The van der Waals surface area contributed by atoms with Crippen LogP contribution in [0.3, 0.4) is 0 Å². The maximum Gasteiger partial charge on any atom is 0.205 e. The van der Waals surface area contributed by atoms with Crippen LogP contribution >= 0.6 is 0 Å². The minimum atomic E-state index is -1.73. The van der Waals surface area contributed by atoms with Crippen LogP contribution in [-0.4, -0.2) is 34.4 Å². The monoisotopic (exact) mass is 376 g/mol. The van der Waals surface area contributed by atoms with Gasteiger partial charge in [-0.15, -0.1) is 0 Å². The van der Waals surface area contributed by atoms with Gasteiger partial charge in [0, 0.05) is 13.0 Å². The topological polar surface area (TPSA) is 44.8 Å². The van der Waals surface area contributed by atoms with Crippen molar-refractivity contribution >= 4 is 14.1 Å². The van der Waals surface area contributed by atoms with Crippen molar-refractivity contribution in [1.29, 1.82) is 0 Å². The normalized spacial score (nSPS) is 11.6. The van der Waals surface area contributed by atoms with Crippen molar-refractivity contribution in [1.82, 2.24) is 0 Å². The Bertz CT molecular complexity index is 618. The quantitative estimate of drug-likeness (QED) is 0.274. The lowest BCUT2D eigenvalue weighted by Gasteiger charge is -2.36. The third-order valence-electron chi connectivity index (χ3n) is 4.65. The first-order valence-corrected chi connectivity index (χ1v) is 11.9. The van der Waals surface area contributed by atoms with Crippen LogP contribution in [0.15, 0.2) is 24.3 Å². The van der Waals surface area contributed by atoms with Crippen molar-refractivity contribution in [2.75, 3.05) is 20.3 Å². The molecule has 0 radical (unpaired) electrons. The minimum Gasteiger partial charge on any atom is -0.497 e. The first-order valence-electron chi connectivity index (χ1n) is 9.02. The zero-order valence-electron chi connectivity index (χ0n) is 17.0. The van der Waals surface area contributed by atoms with Gasteiger partial charge < -0.3 is 13.9 Å². The fraction of sp³-hybridized carbons (Fsp3) is 0.571. The SMILES string of the molecule is COc1ccc(COCC#CC(=O)CCCO[Si](C)(C)C(C)(C)C)cc1. The van der Waals surface area contributed by atoms with Crippen molar-refractivity contribution in [2.45, 2.75) is 58.4 Å². The Balaban J connectivity index is 2.20. The van der Waals surface area contributed by atoms with Crippen molar-refractivity contribution < 1.29 is 18.7 Å². The van der Waals surface area contributed by atoms with Crippen LogP contribution in [0.4, 0.5) is 0 Å². The van der Waals surface area contributed by atoms with Crippen LogP contribution in [0.5, 0.6) is 5.75 Å². The lowest BCUT2D eigenvalue weighted by atomic mass is 10.2. The average molecular weight is 377 g/mol. The predicted octanol–water partition coefficient (Wildman–Crippen LogP) is 4.59. The lowest BCUT2D eigenvalue weighted by molar-refractivity contribution is -0.114. The number of methoxy groups -OCH3 is 1. The zero-order chi connectivity index (χ0) is 19.6. The summed E-state index contributed by atoms with van der Waals surface area (Å²) in [7, 11) is -0.0901. The summed E-state index contributed by atoms with van der Waals surface area (Å²) in [5.74, 6) is 6.18. The van der Waals surface area contributed by atoms with Crippen molar-refractivity contribution in [2.24, 2.45) is 0 Å². The molecule has 0 fully saturated rings. The van der Waals surface area contributed by atoms with Gasteiger partial charge in [0.1, 0.15) is 12.4 Å². The summed E-state index contributed by atoms with van der Waals surface area (Å²) in [4.78, 5) is 11.8. The highest BCUT2D eigenvalue weighted by atomic mass is 28.4. The van der Waals surface area contributed by atoms with Gasteiger partial charge >= 0.3 is 0 Å². The fourth-order valence-electron chi connectivity index (χ4n) is 1.92. The van der Waals surface area contributed by atoms with Crippen LogP contribution < -0.4 is 4.74 Å². The van der Waals surface area contributed by atoms with Gasteiger partial charge in [0.15, 0.2) is 8.32 Å². The van der Waals surface area contributed by atoms with Crippen molar-refractivity contribution in [3.8, 4) is 17.6 Å². The highest BCUT2D eigenvalue weighted by Crippen LogP contribution is 2.36. The highest BCUT2D eigenvalue weighted by Gasteiger charge is 2.36. The van der Waals surface area contributed by atoms with Crippen LogP contribution in [-0.2, 0) is 20.6 Å². The molecule has 5 heteroatoms. The summed E-state index contributed by atoms with van der Waals surface area (Å²) in [6.45, 7) is 12.4. The van der Waals surface area contributed by atoms with E-state index in [4.69, 9.17) is 13.9 Å². The molecule has 0 amide bonds. The van der Waals surface area contributed by atoms with E-state index in [9.17, 15) is 4.79 Å². The molecule has 0 aliphatic heterocycles. The van der Waals surface area contributed by atoms with E-state index in [-0.39, 0.29) is 17.4 Å². The molecule has 0 aliphatic carbocycles. The molecule has 0 unspecified atom stereocenters. The molecule has 26 heavy (non-hydrogen) atoms. The first kappa shape index (κ1) is 22.4. The number of carbonyl (C=O) groups is 1. The van der Waals surface area contributed by atoms with Gasteiger partial charge in [0.2, 0.25) is 5.78 Å². The smallest absolute Gasteiger partial charge is 0.205 e. The van der Waals surface area contributed by atoms with E-state index in [0.717, 1.165) is 11.3 Å². The largest absolute Gasteiger partial charge is 0.497 e. The van der Waals surface area contributed by atoms with Gasteiger partial charge in [-0.2, -0.15) is 0 Å². The molecule has 144 valence electrons. The number of benzene rings is 1. The molecule has 0 saturated carbocycles. The third-order valence-corrected chi connectivity index (χ3v) is 9.19. The standard InChI is InChI=1S/C21H32O4Si/c1-21(2,3)26(5,6)25-16-8-10-19(22)9-7-15-24-17-18-11-13-20(23-4)14-12-18/h11-14H,8,10,15-17H2,1-6H3. The fourth-order valence-corrected chi connectivity index (χ4v) is 3.00. The number of rotatable bonds is 9. The Labute approximate surface area is 159 Å². The lowest BCUT2D eigenvalue weighted by Crippen LogP contribution is -2.41. The summed E-state index contributed by atoms with van der Waals surface area (Å²) in [6.07, 6.45) is 1.15. The van der Waals surface area contributed by atoms with Gasteiger partial charge in [0.25, 0.3) is 0 Å². The second kappa shape index (κ2) is 10.5. The maximum atomic E-state index is 11.8. The van der Waals surface area contributed by atoms with Crippen molar-refractivity contribution in [3.63, 3.8) is 0 Å².